The first-order valence-corrected chi connectivity index (χ1v) is 8.69. The average molecular weight is 350 g/mol. The second-order valence-corrected chi connectivity index (χ2v) is 7.08. The summed E-state index contributed by atoms with van der Waals surface area (Å²) in [5, 5.41) is 10.1. The number of aryl methyl sites for hydroxylation is 2. The second kappa shape index (κ2) is 6.12. The first kappa shape index (κ1) is 16.3. The van der Waals surface area contributed by atoms with Crippen LogP contribution in [0.15, 0.2) is 42.5 Å². The summed E-state index contributed by atoms with van der Waals surface area (Å²) >= 11 is 0. The van der Waals surface area contributed by atoms with Crippen molar-refractivity contribution in [2.75, 3.05) is 10.8 Å². The standard InChI is InChI=1S/C16H15FN2O4S/c17-13-3-1-2-11(8-13)4-5-12-6-7-14(15(20)9-12)19-10-16(21)18-24(19,22)23/h1-3,6-9,20H,4-5,10H2,(H,18,21). The van der Waals surface area contributed by atoms with E-state index in [0.29, 0.717) is 12.8 Å². The summed E-state index contributed by atoms with van der Waals surface area (Å²) in [4.78, 5) is 11.3. The molecular formula is C16H15FN2O4S. The van der Waals surface area contributed by atoms with Crippen molar-refractivity contribution in [2.24, 2.45) is 0 Å². The lowest BCUT2D eigenvalue weighted by atomic mass is 10.0. The molecule has 1 aliphatic heterocycles. The molecule has 0 saturated carbocycles. The average Bonchev–Trinajstić information content (AvgIpc) is 2.78. The largest absolute Gasteiger partial charge is 0.506 e. The third kappa shape index (κ3) is 3.33. The van der Waals surface area contributed by atoms with Crippen molar-refractivity contribution in [3.63, 3.8) is 0 Å². The molecular weight excluding hydrogens is 335 g/mol. The highest BCUT2D eigenvalue weighted by molar-refractivity contribution is 7.92. The fourth-order valence-electron chi connectivity index (χ4n) is 2.58. The molecule has 24 heavy (non-hydrogen) atoms. The van der Waals surface area contributed by atoms with Crippen LogP contribution in [0.4, 0.5) is 10.1 Å². The van der Waals surface area contributed by atoms with Crippen LogP contribution in [0.2, 0.25) is 0 Å². The van der Waals surface area contributed by atoms with E-state index in [1.807, 2.05) is 10.8 Å². The van der Waals surface area contributed by atoms with E-state index in [0.717, 1.165) is 15.4 Å². The fourth-order valence-corrected chi connectivity index (χ4v) is 3.74. The Morgan fingerprint density at radius 3 is 2.42 bits per heavy atom. The zero-order valence-corrected chi connectivity index (χ0v) is 13.4. The molecule has 0 aromatic heterocycles. The predicted octanol–water partition coefficient (Wildman–Crippen LogP) is 1.50. The summed E-state index contributed by atoms with van der Waals surface area (Å²) in [6, 6.07) is 10.8. The third-order valence-corrected chi connectivity index (χ3v) is 5.11. The highest BCUT2D eigenvalue weighted by atomic mass is 32.2. The molecule has 2 aromatic carbocycles. The van der Waals surface area contributed by atoms with Gasteiger partial charge in [-0.3, -0.25) is 4.79 Å². The molecule has 0 aliphatic carbocycles. The highest BCUT2D eigenvalue weighted by Gasteiger charge is 2.35. The number of aromatic hydroxyl groups is 1. The third-order valence-electron chi connectivity index (χ3n) is 3.72. The molecule has 8 heteroatoms. The van der Waals surface area contributed by atoms with Crippen molar-refractivity contribution in [1.29, 1.82) is 0 Å². The Morgan fingerprint density at radius 1 is 1.12 bits per heavy atom. The Labute approximate surface area is 138 Å². The number of benzene rings is 2. The monoisotopic (exact) mass is 350 g/mol. The van der Waals surface area contributed by atoms with Gasteiger partial charge in [-0.15, -0.1) is 0 Å². The summed E-state index contributed by atoms with van der Waals surface area (Å²) in [5.74, 6) is -1.18. The van der Waals surface area contributed by atoms with Gasteiger partial charge in [-0.25, -0.2) is 13.4 Å². The van der Waals surface area contributed by atoms with Gasteiger partial charge in [-0.05, 0) is 48.2 Å². The van der Waals surface area contributed by atoms with Gasteiger partial charge in [0.15, 0.2) is 0 Å². The molecule has 0 bridgehead atoms. The maximum Gasteiger partial charge on any atom is 0.326 e. The Hall–Kier alpha value is -2.61. The number of nitrogens with one attached hydrogen (secondary N) is 1. The number of amides is 1. The smallest absolute Gasteiger partial charge is 0.326 e. The number of hydrogen-bond donors (Lipinski definition) is 2. The maximum absolute atomic E-state index is 13.2. The Bertz CT molecular complexity index is 899. The van der Waals surface area contributed by atoms with Gasteiger partial charge in [-0.1, -0.05) is 18.2 Å². The number of phenolic OH excluding ortho intramolecular Hbond substituents is 1. The molecule has 1 aliphatic rings. The van der Waals surface area contributed by atoms with E-state index in [1.54, 1.807) is 12.1 Å². The van der Waals surface area contributed by atoms with Crippen molar-refractivity contribution >= 4 is 21.8 Å². The molecule has 3 rings (SSSR count). The summed E-state index contributed by atoms with van der Waals surface area (Å²) in [5.41, 5.74) is 1.65. The second-order valence-electron chi connectivity index (χ2n) is 5.49. The molecule has 2 aromatic rings. The van der Waals surface area contributed by atoms with Crippen LogP contribution in [0.25, 0.3) is 0 Å². The van der Waals surface area contributed by atoms with Crippen LogP contribution in [0.1, 0.15) is 11.1 Å². The van der Waals surface area contributed by atoms with Gasteiger partial charge < -0.3 is 5.11 Å². The first-order valence-electron chi connectivity index (χ1n) is 7.25. The van der Waals surface area contributed by atoms with Crippen molar-refractivity contribution in [1.82, 2.24) is 4.72 Å². The van der Waals surface area contributed by atoms with Crippen LogP contribution in [0.3, 0.4) is 0 Å². The quantitative estimate of drug-likeness (QED) is 0.875. The molecule has 0 atom stereocenters. The molecule has 1 heterocycles. The minimum Gasteiger partial charge on any atom is -0.506 e. The van der Waals surface area contributed by atoms with E-state index < -0.39 is 16.1 Å². The summed E-state index contributed by atoms with van der Waals surface area (Å²) in [6.07, 6.45) is 1.14. The summed E-state index contributed by atoms with van der Waals surface area (Å²) in [6.45, 7) is -0.363. The van der Waals surface area contributed by atoms with Gasteiger partial charge in [0.1, 0.15) is 18.1 Å². The SMILES string of the molecule is O=C1CN(c2ccc(CCc3cccc(F)c3)cc2O)S(=O)(=O)N1. The number of nitrogens with zero attached hydrogens (tertiary/aromatic N) is 1. The number of halogens is 1. The molecule has 6 nitrogen and oxygen atoms in total. The topological polar surface area (TPSA) is 86.7 Å². The predicted molar refractivity (Wildman–Crippen MR) is 86.3 cm³/mol. The van der Waals surface area contributed by atoms with Crippen LogP contribution >= 0.6 is 0 Å². The number of phenols is 1. The molecule has 0 spiro atoms. The molecule has 2 N–H and O–H groups in total. The molecule has 126 valence electrons. The Balaban J connectivity index is 1.77. The number of rotatable bonds is 4. The molecule has 1 saturated heterocycles. The van der Waals surface area contributed by atoms with Gasteiger partial charge in [-0.2, -0.15) is 8.42 Å². The minimum absolute atomic E-state index is 0.0443. The zero-order valence-electron chi connectivity index (χ0n) is 12.6. The van der Waals surface area contributed by atoms with Gasteiger partial charge in [0.05, 0.1) is 5.69 Å². The van der Waals surface area contributed by atoms with Crippen LogP contribution in [0.5, 0.6) is 5.75 Å². The molecule has 1 fully saturated rings. The van der Waals surface area contributed by atoms with Gasteiger partial charge in [0, 0.05) is 0 Å². The van der Waals surface area contributed by atoms with Crippen LogP contribution < -0.4 is 9.03 Å². The number of carbonyl (C=O) groups is 1. The number of hydrogen-bond acceptors (Lipinski definition) is 4. The van der Waals surface area contributed by atoms with Crippen molar-refractivity contribution in [2.45, 2.75) is 12.8 Å². The van der Waals surface area contributed by atoms with Crippen molar-refractivity contribution < 1.29 is 22.7 Å². The molecule has 0 radical (unpaired) electrons. The number of anilines is 1. The van der Waals surface area contributed by atoms with E-state index >= 15 is 0 Å². The summed E-state index contributed by atoms with van der Waals surface area (Å²) in [7, 11) is -3.95. The normalized spacial score (nSPS) is 16.2. The molecule has 1 amide bonds. The lowest BCUT2D eigenvalue weighted by Crippen LogP contribution is -2.29. The number of carbonyl (C=O) groups excluding carboxylic acids is 1. The van der Waals surface area contributed by atoms with E-state index in [2.05, 4.69) is 0 Å². The fraction of sp³-hybridized carbons (Fsp3) is 0.188. The van der Waals surface area contributed by atoms with Crippen LogP contribution in [-0.2, 0) is 27.8 Å². The molecule has 0 unspecified atom stereocenters. The highest BCUT2D eigenvalue weighted by Crippen LogP contribution is 2.31. The maximum atomic E-state index is 13.2. The van der Waals surface area contributed by atoms with Crippen LogP contribution in [0, 0.1) is 5.82 Å². The Morgan fingerprint density at radius 2 is 1.83 bits per heavy atom. The Kier molecular flexibility index (Phi) is 4.15. The first-order chi connectivity index (χ1) is 11.3. The van der Waals surface area contributed by atoms with E-state index in [4.69, 9.17) is 0 Å². The van der Waals surface area contributed by atoms with Gasteiger partial charge in [0.25, 0.3) is 5.91 Å². The lowest BCUT2D eigenvalue weighted by Gasteiger charge is -2.16. The van der Waals surface area contributed by atoms with E-state index in [9.17, 15) is 22.7 Å². The van der Waals surface area contributed by atoms with E-state index in [1.165, 1.54) is 24.3 Å². The van der Waals surface area contributed by atoms with Crippen LogP contribution in [-0.4, -0.2) is 26.0 Å². The van der Waals surface area contributed by atoms with Crippen molar-refractivity contribution in [3.05, 3.63) is 59.4 Å². The van der Waals surface area contributed by atoms with Crippen molar-refractivity contribution in [3.8, 4) is 5.75 Å². The minimum atomic E-state index is -3.95. The van der Waals surface area contributed by atoms with Gasteiger partial charge in [0.2, 0.25) is 0 Å². The zero-order chi connectivity index (χ0) is 17.3. The van der Waals surface area contributed by atoms with Gasteiger partial charge >= 0.3 is 10.2 Å². The lowest BCUT2D eigenvalue weighted by molar-refractivity contribution is -0.117. The van der Waals surface area contributed by atoms with E-state index in [-0.39, 0.29) is 23.8 Å². The summed E-state index contributed by atoms with van der Waals surface area (Å²) < 4.78 is 39.4.